The Hall–Kier alpha value is -1.43. The molecule has 3 rings (SSSR count). The van der Waals surface area contributed by atoms with Gasteiger partial charge in [-0.1, -0.05) is 25.4 Å². The van der Waals surface area contributed by atoms with E-state index in [9.17, 15) is 4.79 Å². The Morgan fingerprint density at radius 3 is 2.62 bits per heavy atom. The topological polar surface area (TPSA) is 45.2 Å². The van der Waals surface area contributed by atoms with Gasteiger partial charge in [0.05, 0.1) is 5.69 Å². The number of anilines is 1. The molecule has 1 aliphatic rings. The lowest BCUT2D eigenvalue weighted by Gasteiger charge is -2.34. The Bertz CT molecular complexity index is 691. The maximum atomic E-state index is 12.2. The van der Waals surface area contributed by atoms with Crippen LogP contribution >= 0.6 is 22.9 Å². The molecule has 0 spiro atoms. The predicted molar refractivity (Wildman–Crippen MR) is 99.7 cm³/mol. The fourth-order valence-electron chi connectivity index (χ4n) is 3.36. The van der Waals surface area contributed by atoms with Crippen LogP contribution in [0.4, 0.5) is 5.13 Å². The first-order chi connectivity index (χ1) is 11.5. The summed E-state index contributed by atoms with van der Waals surface area (Å²) in [5.74, 6) is 1.31. The molecule has 128 valence electrons. The number of nitrogens with zero attached hydrogens (tertiary/aromatic N) is 2. The van der Waals surface area contributed by atoms with E-state index in [1.165, 1.54) is 17.8 Å². The number of benzene rings is 1. The number of halogens is 1. The molecule has 1 amide bonds. The van der Waals surface area contributed by atoms with E-state index in [-0.39, 0.29) is 5.91 Å². The minimum atomic E-state index is -0.159. The van der Waals surface area contributed by atoms with Crippen molar-refractivity contribution in [3.05, 3.63) is 45.9 Å². The van der Waals surface area contributed by atoms with Crippen LogP contribution in [0.1, 0.15) is 36.3 Å². The van der Waals surface area contributed by atoms with Gasteiger partial charge in [-0.05, 0) is 42.5 Å². The number of hydrogen-bond acceptors (Lipinski definition) is 4. The highest BCUT2D eigenvalue weighted by molar-refractivity contribution is 7.13. The molecule has 4 nitrogen and oxygen atoms in total. The van der Waals surface area contributed by atoms with E-state index in [1.54, 1.807) is 24.3 Å². The Morgan fingerprint density at radius 2 is 1.96 bits per heavy atom. The molecule has 0 saturated carbocycles. The van der Waals surface area contributed by atoms with Crippen molar-refractivity contribution in [2.75, 3.05) is 18.4 Å². The fourth-order valence-corrected chi connectivity index (χ4v) is 4.18. The van der Waals surface area contributed by atoms with Gasteiger partial charge in [-0.15, -0.1) is 11.3 Å². The van der Waals surface area contributed by atoms with Gasteiger partial charge in [0.1, 0.15) is 0 Å². The number of rotatable bonds is 4. The third-order valence-electron chi connectivity index (χ3n) is 4.21. The lowest BCUT2D eigenvalue weighted by Crippen LogP contribution is -2.38. The number of thiazole rings is 1. The second-order valence-electron chi connectivity index (χ2n) is 6.75. The smallest absolute Gasteiger partial charge is 0.257 e. The molecule has 0 aliphatic carbocycles. The first-order valence-electron chi connectivity index (χ1n) is 8.23. The van der Waals surface area contributed by atoms with Crippen LogP contribution in [0.3, 0.4) is 0 Å². The first kappa shape index (κ1) is 17.4. The number of nitrogens with one attached hydrogen (secondary N) is 1. The molecular formula is C18H22ClN3OS. The number of carbonyl (C=O) groups excluding carboxylic acids is 1. The van der Waals surface area contributed by atoms with Crippen molar-refractivity contribution in [3.63, 3.8) is 0 Å². The molecule has 1 aliphatic heterocycles. The number of aromatic nitrogens is 1. The second-order valence-corrected chi connectivity index (χ2v) is 8.04. The standard InChI is InChI=1S/C18H22ClN3OS/c1-12-7-13(2)9-22(8-12)10-16-11-24-18(20-16)21-17(23)14-3-5-15(19)6-4-14/h3-6,11-13H,7-10H2,1-2H3,(H,20,21,23)/t12-,13+. The van der Waals surface area contributed by atoms with Crippen LogP contribution in [0.5, 0.6) is 0 Å². The molecular weight excluding hydrogens is 342 g/mol. The van der Waals surface area contributed by atoms with Gasteiger partial charge < -0.3 is 0 Å². The Labute approximate surface area is 151 Å². The van der Waals surface area contributed by atoms with Gasteiger partial charge in [-0.25, -0.2) is 4.98 Å². The molecule has 2 atom stereocenters. The zero-order valence-corrected chi connectivity index (χ0v) is 15.5. The summed E-state index contributed by atoms with van der Waals surface area (Å²) >= 11 is 7.32. The van der Waals surface area contributed by atoms with Crippen molar-refractivity contribution in [1.82, 2.24) is 9.88 Å². The molecule has 24 heavy (non-hydrogen) atoms. The summed E-state index contributed by atoms with van der Waals surface area (Å²) in [6, 6.07) is 6.84. The Kier molecular flexibility index (Phi) is 5.54. The summed E-state index contributed by atoms with van der Waals surface area (Å²) in [6.45, 7) is 7.70. The molecule has 0 radical (unpaired) electrons. The van der Waals surface area contributed by atoms with Crippen LogP contribution in [0, 0.1) is 11.8 Å². The van der Waals surface area contributed by atoms with Gasteiger partial charge in [0.15, 0.2) is 5.13 Å². The molecule has 1 aromatic heterocycles. The van der Waals surface area contributed by atoms with Gasteiger partial charge >= 0.3 is 0 Å². The monoisotopic (exact) mass is 363 g/mol. The molecule has 0 unspecified atom stereocenters. The summed E-state index contributed by atoms with van der Waals surface area (Å²) in [6.07, 6.45) is 1.30. The number of piperidine rings is 1. The van der Waals surface area contributed by atoms with E-state index >= 15 is 0 Å². The third kappa shape index (κ3) is 4.56. The first-order valence-corrected chi connectivity index (χ1v) is 9.49. The van der Waals surface area contributed by atoms with E-state index in [4.69, 9.17) is 11.6 Å². The summed E-state index contributed by atoms with van der Waals surface area (Å²) in [5.41, 5.74) is 1.60. The minimum Gasteiger partial charge on any atom is -0.298 e. The van der Waals surface area contributed by atoms with Crippen molar-refractivity contribution < 1.29 is 4.79 Å². The van der Waals surface area contributed by atoms with E-state index in [0.717, 1.165) is 37.2 Å². The van der Waals surface area contributed by atoms with E-state index in [2.05, 4.69) is 29.0 Å². The third-order valence-corrected chi connectivity index (χ3v) is 5.27. The lowest BCUT2D eigenvalue weighted by molar-refractivity contribution is 0.102. The molecule has 2 heterocycles. The molecule has 1 fully saturated rings. The van der Waals surface area contributed by atoms with E-state index < -0.39 is 0 Å². The van der Waals surface area contributed by atoms with Crippen LogP contribution in [-0.4, -0.2) is 28.9 Å². The molecule has 1 saturated heterocycles. The lowest BCUT2D eigenvalue weighted by atomic mass is 9.92. The number of amides is 1. The summed E-state index contributed by atoms with van der Waals surface area (Å²) < 4.78 is 0. The van der Waals surface area contributed by atoms with Crippen molar-refractivity contribution in [2.24, 2.45) is 11.8 Å². The molecule has 1 aromatic carbocycles. The second kappa shape index (κ2) is 7.64. The summed E-state index contributed by atoms with van der Waals surface area (Å²) in [7, 11) is 0. The Balaban J connectivity index is 1.59. The normalized spacial score (nSPS) is 21.6. The van der Waals surface area contributed by atoms with Gasteiger partial charge in [-0.2, -0.15) is 0 Å². The van der Waals surface area contributed by atoms with E-state index in [0.29, 0.717) is 15.7 Å². The molecule has 2 aromatic rings. The van der Waals surface area contributed by atoms with Crippen molar-refractivity contribution in [1.29, 1.82) is 0 Å². The summed E-state index contributed by atoms with van der Waals surface area (Å²) in [5, 5.41) is 6.15. The number of carbonyl (C=O) groups is 1. The highest BCUT2D eigenvalue weighted by Crippen LogP contribution is 2.24. The summed E-state index contributed by atoms with van der Waals surface area (Å²) in [4.78, 5) is 19.2. The van der Waals surface area contributed by atoms with Crippen LogP contribution in [0.25, 0.3) is 0 Å². The molecule has 1 N–H and O–H groups in total. The van der Waals surface area contributed by atoms with Gasteiger partial charge in [0, 0.05) is 35.6 Å². The highest BCUT2D eigenvalue weighted by Gasteiger charge is 2.22. The largest absolute Gasteiger partial charge is 0.298 e. The van der Waals surface area contributed by atoms with Gasteiger partial charge in [-0.3, -0.25) is 15.0 Å². The van der Waals surface area contributed by atoms with Crippen LogP contribution < -0.4 is 5.32 Å². The number of hydrogen-bond donors (Lipinski definition) is 1. The van der Waals surface area contributed by atoms with E-state index in [1.807, 2.05) is 5.38 Å². The zero-order chi connectivity index (χ0) is 17.1. The average molecular weight is 364 g/mol. The van der Waals surface area contributed by atoms with Gasteiger partial charge in [0.25, 0.3) is 5.91 Å². The van der Waals surface area contributed by atoms with Crippen molar-refractivity contribution in [2.45, 2.75) is 26.8 Å². The van der Waals surface area contributed by atoms with Crippen LogP contribution in [0.15, 0.2) is 29.6 Å². The van der Waals surface area contributed by atoms with Crippen LogP contribution in [0.2, 0.25) is 5.02 Å². The average Bonchev–Trinajstić information content (AvgIpc) is 2.93. The van der Waals surface area contributed by atoms with Gasteiger partial charge in [0.2, 0.25) is 0 Å². The molecule has 6 heteroatoms. The molecule has 0 bridgehead atoms. The fraction of sp³-hybridized carbons (Fsp3) is 0.444. The highest BCUT2D eigenvalue weighted by atomic mass is 35.5. The quantitative estimate of drug-likeness (QED) is 0.868. The van der Waals surface area contributed by atoms with Crippen molar-refractivity contribution in [3.8, 4) is 0 Å². The van der Waals surface area contributed by atoms with Crippen molar-refractivity contribution >= 4 is 34.0 Å². The maximum absolute atomic E-state index is 12.2. The minimum absolute atomic E-state index is 0.159. The zero-order valence-electron chi connectivity index (χ0n) is 14.0. The number of likely N-dealkylation sites (tertiary alicyclic amines) is 1. The maximum Gasteiger partial charge on any atom is 0.257 e. The SMILES string of the molecule is C[C@@H]1C[C@H](C)CN(Cc2csc(NC(=O)c3ccc(Cl)cc3)n2)C1. The van der Waals surface area contributed by atoms with Crippen LogP contribution in [-0.2, 0) is 6.54 Å². The Morgan fingerprint density at radius 1 is 1.29 bits per heavy atom. The predicted octanol–water partition coefficient (Wildman–Crippen LogP) is 4.53.